The lowest BCUT2D eigenvalue weighted by Crippen LogP contribution is -2.45. The van der Waals surface area contributed by atoms with Crippen molar-refractivity contribution in [2.75, 3.05) is 39.8 Å². The third kappa shape index (κ3) is 6.30. The van der Waals surface area contributed by atoms with Gasteiger partial charge < -0.3 is 9.47 Å². The quantitative estimate of drug-likeness (QED) is 0.209. The fourth-order valence-corrected chi connectivity index (χ4v) is 2.89. The van der Waals surface area contributed by atoms with Crippen molar-refractivity contribution in [1.29, 1.82) is 0 Å². The lowest BCUT2D eigenvalue weighted by atomic mass is 9.91. The van der Waals surface area contributed by atoms with Crippen LogP contribution >= 0.6 is 12.3 Å². The highest BCUT2D eigenvalue weighted by Gasteiger charge is 2.39. The van der Waals surface area contributed by atoms with Crippen LogP contribution in [0.3, 0.4) is 0 Å². The van der Waals surface area contributed by atoms with Crippen molar-refractivity contribution in [2.45, 2.75) is 6.29 Å². The van der Waals surface area contributed by atoms with Gasteiger partial charge in [-0.1, -0.05) is 30.3 Å². The van der Waals surface area contributed by atoms with E-state index >= 15 is 0 Å². The van der Waals surface area contributed by atoms with Crippen molar-refractivity contribution in [2.24, 2.45) is 5.41 Å². The Balaban J connectivity index is 1.97. The fraction of sp³-hybridized carbons (Fsp3) is 0.571. The normalized spacial score (nSPS) is 24.8. The molecule has 0 unspecified atom stereocenters. The summed E-state index contributed by atoms with van der Waals surface area (Å²) in [6.07, 6.45) is 0.474. The van der Waals surface area contributed by atoms with Crippen molar-refractivity contribution >= 4 is 22.4 Å². The molecule has 0 spiro atoms. The number of hydrogen-bond donors (Lipinski definition) is 0. The van der Waals surface area contributed by atoms with E-state index in [0.717, 1.165) is 11.8 Å². The van der Waals surface area contributed by atoms with Gasteiger partial charge in [0, 0.05) is 5.56 Å². The Morgan fingerprint density at radius 3 is 2.46 bits per heavy atom. The summed E-state index contributed by atoms with van der Waals surface area (Å²) in [6, 6.07) is 9.46. The first-order valence-electron chi connectivity index (χ1n) is 7.06. The topological polar surface area (TPSA) is 89.5 Å². The molecule has 10 heteroatoms. The Bertz CT molecular complexity index is 584. The molecule has 2 rings (SSSR count). The van der Waals surface area contributed by atoms with Crippen molar-refractivity contribution < 1.29 is 35.5 Å². The van der Waals surface area contributed by atoms with Crippen molar-refractivity contribution in [1.82, 2.24) is 0 Å². The van der Waals surface area contributed by atoms with Gasteiger partial charge in [0.25, 0.3) is 10.1 Å². The molecule has 0 saturated carbocycles. The average Bonchev–Trinajstić information content (AvgIpc) is 2.58. The van der Waals surface area contributed by atoms with Gasteiger partial charge in [0.15, 0.2) is 18.6 Å². The first-order valence-corrected chi connectivity index (χ1v) is 9.54. The molecular weight excluding hydrogens is 360 g/mol. The first kappa shape index (κ1) is 19.6. The standard InChI is InChI=1S/C14H20O8S2/c1-17-22-23-20-10-14(11-21-24(2,15)16)8-18-13(19-9-14)12-6-4-3-5-7-12/h3-7,13H,8-11H2,1-2H3. The Labute approximate surface area is 145 Å². The Hall–Kier alpha value is -0.720. The van der Waals surface area contributed by atoms with E-state index in [0.29, 0.717) is 12.3 Å². The van der Waals surface area contributed by atoms with Crippen LogP contribution in [0, 0.1) is 5.41 Å². The summed E-state index contributed by atoms with van der Waals surface area (Å²) in [5.74, 6) is 0. The molecule has 1 aliphatic heterocycles. The smallest absolute Gasteiger partial charge is 0.264 e. The summed E-state index contributed by atoms with van der Waals surface area (Å²) < 4.78 is 48.8. The van der Waals surface area contributed by atoms with Crippen LogP contribution in [0.4, 0.5) is 0 Å². The van der Waals surface area contributed by atoms with Gasteiger partial charge >= 0.3 is 0 Å². The van der Waals surface area contributed by atoms with Crippen LogP contribution in [0.2, 0.25) is 0 Å². The van der Waals surface area contributed by atoms with Gasteiger partial charge in [0.1, 0.15) is 0 Å². The summed E-state index contributed by atoms with van der Waals surface area (Å²) in [5, 5.41) is 0. The Kier molecular flexibility index (Phi) is 7.44. The molecule has 0 aliphatic carbocycles. The zero-order valence-electron chi connectivity index (χ0n) is 13.4. The molecule has 1 saturated heterocycles. The molecule has 0 radical (unpaired) electrons. The average molecular weight is 380 g/mol. The van der Waals surface area contributed by atoms with Gasteiger partial charge in [-0.25, -0.2) is 4.89 Å². The summed E-state index contributed by atoms with van der Waals surface area (Å²) in [5.41, 5.74) is 0.103. The van der Waals surface area contributed by atoms with E-state index < -0.39 is 21.8 Å². The molecular formula is C14H20O8S2. The Morgan fingerprint density at radius 1 is 1.21 bits per heavy atom. The second kappa shape index (κ2) is 9.11. The number of hydrogen-bond acceptors (Lipinski definition) is 9. The molecule has 1 aromatic rings. The van der Waals surface area contributed by atoms with E-state index in [1.165, 1.54) is 7.11 Å². The summed E-state index contributed by atoms with van der Waals surface area (Å²) in [4.78, 5) is 4.40. The molecule has 0 N–H and O–H groups in total. The molecule has 24 heavy (non-hydrogen) atoms. The second-order valence-electron chi connectivity index (χ2n) is 5.40. The predicted octanol–water partition coefficient (Wildman–Crippen LogP) is 1.85. The highest BCUT2D eigenvalue weighted by molar-refractivity contribution is 7.89. The number of ether oxygens (including phenoxy) is 2. The van der Waals surface area contributed by atoms with Gasteiger partial charge in [-0.3, -0.25) is 8.37 Å². The molecule has 0 bridgehead atoms. The molecule has 1 aromatic carbocycles. The maximum atomic E-state index is 11.3. The molecule has 1 heterocycles. The van der Waals surface area contributed by atoms with E-state index in [1.807, 2.05) is 30.3 Å². The SMILES string of the molecule is COOSOCC1(COS(C)(=O)=O)COC(c2ccccc2)OC1. The third-order valence-electron chi connectivity index (χ3n) is 3.24. The minimum Gasteiger partial charge on any atom is -0.348 e. The van der Waals surface area contributed by atoms with Crippen LogP contribution in [0.15, 0.2) is 30.3 Å². The molecule has 0 aromatic heterocycles. The van der Waals surface area contributed by atoms with Gasteiger partial charge in [0.05, 0.1) is 45.2 Å². The highest BCUT2D eigenvalue weighted by Crippen LogP contribution is 2.33. The van der Waals surface area contributed by atoms with E-state index in [2.05, 4.69) is 9.22 Å². The van der Waals surface area contributed by atoms with E-state index in [1.54, 1.807) is 0 Å². The first-order chi connectivity index (χ1) is 11.4. The predicted molar refractivity (Wildman–Crippen MR) is 86.0 cm³/mol. The summed E-state index contributed by atoms with van der Waals surface area (Å²) in [6.45, 7) is 0.379. The summed E-state index contributed by atoms with van der Waals surface area (Å²) >= 11 is 0.638. The van der Waals surface area contributed by atoms with Crippen LogP contribution in [0.1, 0.15) is 11.9 Å². The van der Waals surface area contributed by atoms with Gasteiger partial charge in [-0.05, 0) is 0 Å². The van der Waals surface area contributed by atoms with Gasteiger partial charge in [0.2, 0.25) is 0 Å². The maximum absolute atomic E-state index is 11.3. The molecule has 8 nitrogen and oxygen atoms in total. The fourth-order valence-electron chi connectivity index (χ4n) is 2.03. The third-order valence-corrected chi connectivity index (χ3v) is 4.19. The monoisotopic (exact) mass is 380 g/mol. The van der Waals surface area contributed by atoms with Crippen molar-refractivity contribution in [3.63, 3.8) is 0 Å². The zero-order chi connectivity index (χ0) is 17.5. The number of rotatable bonds is 9. The van der Waals surface area contributed by atoms with Crippen LogP contribution in [0.5, 0.6) is 0 Å². The molecule has 1 fully saturated rings. The summed E-state index contributed by atoms with van der Waals surface area (Å²) in [7, 11) is -2.25. The lowest BCUT2D eigenvalue weighted by Gasteiger charge is -2.38. The van der Waals surface area contributed by atoms with Gasteiger partial charge in [-0.15, -0.1) is 4.33 Å². The maximum Gasteiger partial charge on any atom is 0.264 e. The van der Waals surface area contributed by atoms with Crippen LogP contribution in [-0.2, 0) is 37.2 Å². The van der Waals surface area contributed by atoms with Crippen LogP contribution < -0.4 is 0 Å². The number of benzene rings is 1. The zero-order valence-corrected chi connectivity index (χ0v) is 15.0. The van der Waals surface area contributed by atoms with E-state index in [-0.39, 0.29) is 26.4 Å². The molecule has 0 atom stereocenters. The van der Waals surface area contributed by atoms with Crippen molar-refractivity contribution in [3.05, 3.63) is 35.9 Å². The minimum atomic E-state index is -3.59. The lowest BCUT2D eigenvalue weighted by molar-refractivity contribution is -0.245. The largest absolute Gasteiger partial charge is 0.348 e. The minimum absolute atomic E-state index is 0.0953. The highest BCUT2D eigenvalue weighted by atomic mass is 32.2. The molecule has 1 aliphatic rings. The van der Waals surface area contributed by atoms with E-state index in [9.17, 15) is 8.42 Å². The Morgan fingerprint density at radius 2 is 1.88 bits per heavy atom. The van der Waals surface area contributed by atoms with Crippen molar-refractivity contribution in [3.8, 4) is 0 Å². The van der Waals surface area contributed by atoms with Crippen LogP contribution in [-0.4, -0.2) is 48.2 Å². The molecule has 136 valence electrons. The van der Waals surface area contributed by atoms with Crippen LogP contribution in [0.25, 0.3) is 0 Å². The van der Waals surface area contributed by atoms with Gasteiger partial charge in [-0.2, -0.15) is 8.42 Å². The second-order valence-corrected chi connectivity index (χ2v) is 7.55. The molecule has 0 amide bonds. The van der Waals surface area contributed by atoms with E-state index in [4.69, 9.17) is 17.8 Å².